The van der Waals surface area contributed by atoms with Gasteiger partial charge in [0.05, 0.1) is 29.3 Å². The highest BCUT2D eigenvalue weighted by atomic mass is 19.4. The van der Waals surface area contributed by atoms with Gasteiger partial charge in [-0.15, -0.1) is 0 Å². The topological polar surface area (TPSA) is 126 Å². The third kappa shape index (κ3) is 6.57. The highest BCUT2D eigenvalue weighted by Gasteiger charge is 2.31. The van der Waals surface area contributed by atoms with E-state index < -0.39 is 17.8 Å². The highest BCUT2D eigenvalue weighted by molar-refractivity contribution is 5.92. The molecule has 1 saturated heterocycles. The zero-order chi connectivity index (χ0) is 32.3. The van der Waals surface area contributed by atoms with Gasteiger partial charge in [-0.1, -0.05) is 12.1 Å². The Bertz CT molecular complexity index is 1940. The summed E-state index contributed by atoms with van der Waals surface area (Å²) in [6.07, 6.45) is 4.45. The Morgan fingerprint density at radius 1 is 1.09 bits per heavy atom. The van der Waals surface area contributed by atoms with Crippen LogP contribution in [0.4, 0.5) is 29.5 Å². The quantitative estimate of drug-likeness (QED) is 0.170. The van der Waals surface area contributed by atoms with Crippen molar-refractivity contribution >= 4 is 35.9 Å². The zero-order valence-corrected chi connectivity index (χ0v) is 24.4. The van der Waals surface area contributed by atoms with Crippen molar-refractivity contribution in [1.82, 2.24) is 29.7 Å². The molecular formula is C31H27F3N10O2. The lowest BCUT2D eigenvalue weighted by molar-refractivity contribution is -0.137. The van der Waals surface area contributed by atoms with Crippen molar-refractivity contribution in [3.63, 3.8) is 0 Å². The van der Waals surface area contributed by atoms with E-state index in [1.807, 2.05) is 24.4 Å². The van der Waals surface area contributed by atoms with E-state index in [0.717, 1.165) is 60.3 Å². The summed E-state index contributed by atoms with van der Waals surface area (Å²) in [5, 5.41) is 13.5. The van der Waals surface area contributed by atoms with Crippen molar-refractivity contribution in [2.75, 3.05) is 23.3 Å². The summed E-state index contributed by atoms with van der Waals surface area (Å²) in [4.78, 5) is 27.6. The van der Waals surface area contributed by atoms with E-state index in [1.54, 1.807) is 35.8 Å². The molecule has 1 aliphatic rings. The summed E-state index contributed by atoms with van der Waals surface area (Å²) in [7, 11) is 0. The number of halogens is 3. The van der Waals surface area contributed by atoms with Crippen LogP contribution >= 0.6 is 0 Å². The van der Waals surface area contributed by atoms with Crippen molar-refractivity contribution in [2.24, 2.45) is 9.98 Å². The first kappa shape index (κ1) is 30.1. The number of amidine groups is 1. The van der Waals surface area contributed by atoms with Crippen molar-refractivity contribution in [3.8, 4) is 22.6 Å². The molecule has 0 spiro atoms. The average molecular weight is 629 g/mol. The Morgan fingerprint density at radius 3 is 2.57 bits per heavy atom. The van der Waals surface area contributed by atoms with Gasteiger partial charge in [0, 0.05) is 42.9 Å². The van der Waals surface area contributed by atoms with Crippen LogP contribution in [0.25, 0.3) is 22.5 Å². The molecule has 2 N–H and O–H groups in total. The minimum absolute atomic E-state index is 0.0430. The number of anilines is 2. The van der Waals surface area contributed by atoms with Crippen molar-refractivity contribution < 1.29 is 22.7 Å². The number of ether oxygens (including phenoxy) is 1. The molecule has 2 amide bonds. The van der Waals surface area contributed by atoms with E-state index in [1.165, 1.54) is 23.3 Å². The number of nitrogens with one attached hydrogen (secondary N) is 2. The van der Waals surface area contributed by atoms with Crippen LogP contribution in [0.15, 0.2) is 101 Å². The fraction of sp³-hybridized carbons (Fsp3) is 0.161. The van der Waals surface area contributed by atoms with E-state index in [2.05, 4.69) is 42.4 Å². The smallest absolute Gasteiger partial charge is 0.416 e. The molecule has 0 atom stereocenters. The molecule has 0 radical (unpaired) electrons. The number of aromatic nitrogens is 5. The third-order valence-corrected chi connectivity index (χ3v) is 7.05. The van der Waals surface area contributed by atoms with E-state index in [9.17, 15) is 18.0 Å². The normalized spacial score (nSPS) is 13.8. The van der Waals surface area contributed by atoms with Gasteiger partial charge in [0.15, 0.2) is 5.65 Å². The van der Waals surface area contributed by atoms with Gasteiger partial charge in [-0.05, 0) is 68.1 Å². The Kier molecular flexibility index (Phi) is 8.20. The average Bonchev–Trinajstić information content (AvgIpc) is 3.69. The number of allylic oxidation sites excluding steroid dienone is 1. The van der Waals surface area contributed by atoms with E-state index in [4.69, 9.17) is 9.72 Å². The number of carbonyl (C=O) groups is 1. The predicted octanol–water partition coefficient (Wildman–Crippen LogP) is 5.93. The number of urea groups is 1. The maximum Gasteiger partial charge on any atom is 0.416 e. The molecule has 234 valence electrons. The lowest BCUT2D eigenvalue weighted by Crippen LogP contribution is -2.37. The summed E-state index contributed by atoms with van der Waals surface area (Å²) >= 11 is 0. The summed E-state index contributed by atoms with van der Waals surface area (Å²) in [5.74, 6) is 1.37. The molecule has 6 rings (SSSR count). The Labute approximate surface area is 260 Å². The fourth-order valence-corrected chi connectivity index (χ4v) is 4.62. The first-order chi connectivity index (χ1) is 22.2. The molecule has 12 nitrogen and oxygen atoms in total. The van der Waals surface area contributed by atoms with Crippen LogP contribution in [0.5, 0.6) is 5.75 Å². The molecule has 4 heterocycles. The van der Waals surface area contributed by atoms with Gasteiger partial charge in [0.2, 0.25) is 0 Å². The Balaban J connectivity index is 1.11. The second kappa shape index (κ2) is 12.6. The predicted molar refractivity (Wildman–Crippen MR) is 167 cm³/mol. The molecule has 3 aromatic heterocycles. The first-order valence-electron chi connectivity index (χ1n) is 14.1. The number of rotatable bonds is 7. The van der Waals surface area contributed by atoms with Gasteiger partial charge in [0.1, 0.15) is 11.6 Å². The molecule has 2 aromatic carbocycles. The van der Waals surface area contributed by atoms with Gasteiger partial charge < -0.3 is 20.3 Å². The zero-order valence-electron chi connectivity index (χ0n) is 24.4. The summed E-state index contributed by atoms with van der Waals surface area (Å²) in [6, 6.07) is 12.9. The number of aliphatic imine (C=N–C) groups is 2. The number of hydrogen-bond donors (Lipinski definition) is 2. The van der Waals surface area contributed by atoms with E-state index in [-0.39, 0.29) is 17.4 Å². The summed E-state index contributed by atoms with van der Waals surface area (Å²) < 4.78 is 48.6. The number of alkyl halides is 3. The molecule has 0 aliphatic carbocycles. The minimum Gasteiger partial charge on any atom is -0.424 e. The maximum atomic E-state index is 13.3. The molecule has 5 aromatic rings. The van der Waals surface area contributed by atoms with Crippen LogP contribution in [0.2, 0.25) is 0 Å². The van der Waals surface area contributed by atoms with Crippen molar-refractivity contribution in [1.29, 1.82) is 0 Å². The maximum absolute atomic E-state index is 13.3. The molecular weight excluding hydrogens is 601 g/mol. The second-order valence-electron chi connectivity index (χ2n) is 10.2. The van der Waals surface area contributed by atoms with Gasteiger partial charge in [-0.3, -0.25) is 0 Å². The summed E-state index contributed by atoms with van der Waals surface area (Å²) in [6.45, 7) is 7.05. The largest absolute Gasteiger partial charge is 0.424 e. The highest BCUT2D eigenvalue weighted by Crippen LogP contribution is 2.33. The van der Waals surface area contributed by atoms with Gasteiger partial charge >= 0.3 is 18.2 Å². The minimum atomic E-state index is -4.56. The molecule has 1 aliphatic heterocycles. The van der Waals surface area contributed by atoms with Crippen molar-refractivity contribution in [2.45, 2.75) is 19.5 Å². The Hall–Kier alpha value is -5.99. The van der Waals surface area contributed by atoms with Crippen LogP contribution in [-0.2, 0) is 6.18 Å². The lowest BCUT2D eigenvalue weighted by Gasteiger charge is -2.31. The van der Waals surface area contributed by atoms with Crippen LogP contribution in [0.1, 0.15) is 18.9 Å². The molecule has 46 heavy (non-hydrogen) atoms. The first-order valence-corrected chi connectivity index (χ1v) is 14.1. The van der Waals surface area contributed by atoms with Crippen molar-refractivity contribution in [3.05, 3.63) is 96.8 Å². The standard InChI is InChI=1S/C31H27F3N10O2/c1-20(39-29(45)40-25-10-7-22(31(32,33)34)17-26(25)43-15-3-12-37-43)18-36-30(35-2)46-23-8-5-21(6-9-23)24-19-38-44-16-11-27(41-28(24)44)42-13-4-14-42/h3,5-12,15-19H,2,4,13-14H2,1H3,(H2,39,40,45)/b20-18+,36-30+. The lowest BCUT2D eigenvalue weighted by atomic mass is 10.1. The monoisotopic (exact) mass is 628 g/mol. The number of nitrogens with zero attached hydrogens (tertiary/aromatic N) is 8. The van der Waals surface area contributed by atoms with Gasteiger partial charge in [-0.25, -0.2) is 29.0 Å². The van der Waals surface area contributed by atoms with E-state index in [0.29, 0.717) is 11.4 Å². The van der Waals surface area contributed by atoms with E-state index >= 15 is 0 Å². The molecule has 0 bridgehead atoms. The van der Waals surface area contributed by atoms with Crippen LogP contribution < -0.4 is 20.3 Å². The number of hydrogen-bond acceptors (Lipinski definition) is 7. The Morgan fingerprint density at radius 2 is 1.89 bits per heavy atom. The fourth-order valence-electron chi connectivity index (χ4n) is 4.62. The summed E-state index contributed by atoms with van der Waals surface area (Å²) in [5.41, 5.74) is 2.10. The SMILES string of the molecule is C=N/C(=N\C=C(/C)NC(=O)Nc1ccc(C(F)(F)F)cc1-n1cccn1)Oc1ccc(-c2cnn3ccc(N4CCC4)nc23)cc1. The number of carbonyl (C=O) groups excluding carboxylic acids is 1. The number of fused-ring (bicyclic) bond motifs is 1. The van der Waals surface area contributed by atoms with Gasteiger partial charge in [-0.2, -0.15) is 23.4 Å². The number of amides is 2. The second-order valence-corrected chi connectivity index (χ2v) is 10.2. The molecule has 1 fully saturated rings. The third-order valence-electron chi connectivity index (χ3n) is 7.05. The van der Waals surface area contributed by atoms with Gasteiger partial charge in [0.25, 0.3) is 0 Å². The number of benzene rings is 2. The molecule has 0 unspecified atom stereocenters. The van der Waals surface area contributed by atoms with Crippen LogP contribution in [0.3, 0.4) is 0 Å². The van der Waals surface area contributed by atoms with Crippen LogP contribution in [-0.4, -0.2) is 56.2 Å². The molecule has 0 saturated carbocycles. The molecule has 15 heteroatoms. The van der Waals surface area contributed by atoms with Crippen LogP contribution in [0, 0.1) is 0 Å².